The van der Waals surface area contributed by atoms with Crippen molar-refractivity contribution >= 4 is 12.6 Å². The van der Waals surface area contributed by atoms with E-state index in [0.717, 1.165) is 5.75 Å². The number of rotatable bonds is 6. The van der Waals surface area contributed by atoms with Crippen LogP contribution in [0.2, 0.25) is 0 Å². The van der Waals surface area contributed by atoms with E-state index in [1.807, 2.05) is 13.8 Å². The predicted molar refractivity (Wildman–Crippen MR) is 67.4 cm³/mol. The van der Waals surface area contributed by atoms with Crippen molar-refractivity contribution in [3.63, 3.8) is 0 Å². The number of hydrogen-bond acceptors (Lipinski definition) is 4. The Balaban J connectivity index is 2.54. The molecule has 0 atom stereocenters. The van der Waals surface area contributed by atoms with Crippen LogP contribution in [0.5, 0.6) is 5.75 Å². The molecule has 0 saturated heterocycles. The third kappa shape index (κ3) is 4.38. The first kappa shape index (κ1) is 14.0. The maximum absolute atomic E-state index is 9.80. The molecule has 5 heteroatoms. The van der Waals surface area contributed by atoms with Gasteiger partial charge in [0.25, 0.3) is 0 Å². The average molecular weight is 238 g/mol. The second-order valence-corrected chi connectivity index (χ2v) is 4.76. The zero-order valence-corrected chi connectivity index (χ0v) is 10.5. The molecule has 0 fully saturated rings. The van der Waals surface area contributed by atoms with Gasteiger partial charge in [0.05, 0.1) is 13.7 Å². The molecule has 0 aliphatic carbocycles. The molecule has 0 saturated carbocycles. The zero-order chi connectivity index (χ0) is 12.9. The molecule has 0 aliphatic rings. The lowest BCUT2D eigenvalue weighted by Crippen LogP contribution is -2.37. The third-order valence-electron chi connectivity index (χ3n) is 2.46. The van der Waals surface area contributed by atoms with Crippen LogP contribution in [0.15, 0.2) is 24.3 Å². The molecule has 0 aromatic heterocycles. The van der Waals surface area contributed by atoms with Crippen molar-refractivity contribution < 1.29 is 19.5 Å². The van der Waals surface area contributed by atoms with Gasteiger partial charge >= 0.3 is 7.12 Å². The lowest BCUT2D eigenvalue weighted by atomic mass is 9.79. The molecule has 4 nitrogen and oxygen atoms in total. The molecular weight excluding hydrogens is 219 g/mol. The molecule has 1 aromatic carbocycles. The van der Waals surface area contributed by atoms with Crippen molar-refractivity contribution in [2.75, 3.05) is 20.3 Å². The molecule has 94 valence electrons. The highest BCUT2D eigenvalue weighted by molar-refractivity contribution is 6.59. The molecule has 0 heterocycles. The largest absolute Gasteiger partial charge is 0.497 e. The van der Waals surface area contributed by atoms with E-state index < -0.39 is 7.12 Å². The molecule has 0 aliphatic heterocycles. The first-order chi connectivity index (χ1) is 7.98. The lowest BCUT2D eigenvalue weighted by molar-refractivity contribution is 0.0886. The lowest BCUT2D eigenvalue weighted by Gasteiger charge is -2.22. The molecule has 2 N–H and O–H groups in total. The average Bonchev–Trinajstić information content (AvgIpc) is 2.36. The molecule has 1 rings (SSSR count). The van der Waals surface area contributed by atoms with Gasteiger partial charge in [0.15, 0.2) is 0 Å². The van der Waals surface area contributed by atoms with E-state index in [1.54, 1.807) is 31.4 Å². The van der Waals surface area contributed by atoms with Crippen LogP contribution in [0.25, 0.3) is 0 Å². The first-order valence-corrected chi connectivity index (χ1v) is 5.53. The van der Waals surface area contributed by atoms with E-state index in [9.17, 15) is 5.02 Å². The van der Waals surface area contributed by atoms with Crippen molar-refractivity contribution in [1.29, 1.82) is 0 Å². The van der Waals surface area contributed by atoms with Gasteiger partial charge in [-0.1, -0.05) is 26.0 Å². The Kier molecular flexibility index (Phi) is 4.99. The summed E-state index contributed by atoms with van der Waals surface area (Å²) < 4.78 is 10.3. The van der Waals surface area contributed by atoms with E-state index in [-0.39, 0.29) is 18.6 Å². The summed E-state index contributed by atoms with van der Waals surface area (Å²) >= 11 is 0. The fourth-order valence-corrected chi connectivity index (χ4v) is 1.21. The van der Waals surface area contributed by atoms with Crippen LogP contribution in [0.1, 0.15) is 13.8 Å². The minimum Gasteiger partial charge on any atom is -0.497 e. The number of benzene rings is 1. The van der Waals surface area contributed by atoms with Crippen LogP contribution in [0, 0.1) is 5.41 Å². The molecule has 0 spiro atoms. The van der Waals surface area contributed by atoms with Gasteiger partial charge in [0, 0.05) is 12.0 Å². The van der Waals surface area contributed by atoms with Gasteiger partial charge in [-0.3, -0.25) is 0 Å². The van der Waals surface area contributed by atoms with Gasteiger partial charge in [0.2, 0.25) is 0 Å². The molecule has 0 radical (unpaired) electrons. The molecule has 0 unspecified atom stereocenters. The summed E-state index contributed by atoms with van der Waals surface area (Å²) in [6, 6.07) is 7.02. The molecular formula is C12H19BO4. The standard InChI is InChI=1S/C12H19BO4/c1-12(2,8-14)9-17-13(15)10-4-6-11(16-3)7-5-10/h4-7,14-15H,8-9H2,1-3H3. The minimum absolute atomic E-state index is 0.0162. The monoisotopic (exact) mass is 238 g/mol. The van der Waals surface area contributed by atoms with Crippen LogP contribution >= 0.6 is 0 Å². The smallest absolute Gasteiger partial charge is 0.491 e. The minimum atomic E-state index is -0.980. The Bertz CT molecular complexity index is 337. The topological polar surface area (TPSA) is 58.9 Å². The summed E-state index contributed by atoms with van der Waals surface area (Å²) in [6.45, 7) is 4.04. The number of ether oxygens (including phenoxy) is 1. The maximum atomic E-state index is 9.80. The Morgan fingerprint density at radius 2 is 1.82 bits per heavy atom. The summed E-state index contributed by atoms with van der Waals surface area (Å²) in [5.74, 6) is 0.733. The number of methoxy groups -OCH3 is 1. The van der Waals surface area contributed by atoms with Gasteiger partial charge in [-0.25, -0.2) is 0 Å². The van der Waals surface area contributed by atoms with Crippen molar-refractivity contribution in [1.82, 2.24) is 0 Å². The van der Waals surface area contributed by atoms with Crippen molar-refractivity contribution in [2.24, 2.45) is 5.41 Å². The fraction of sp³-hybridized carbons (Fsp3) is 0.500. The van der Waals surface area contributed by atoms with E-state index in [1.165, 1.54) is 0 Å². The second-order valence-electron chi connectivity index (χ2n) is 4.76. The number of aliphatic hydroxyl groups is 1. The van der Waals surface area contributed by atoms with Crippen LogP contribution in [0.4, 0.5) is 0 Å². The molecule has 0 bridgehead atoms. The van der Waals surface area contributed by atoms with Crippen LogP contribution in [-0.4, -0.2) is 37.6 Å². The molecule has 0 amide bonds. The summed E-state index contributed by atoms with van der Waals surface area (Å²) in [4.78, 5) is 0. The predicted octanol–water partition coefficient (Wildman–Crippen LogP) is 0.418. The van der Waals surface area contributed by atoms with Crippen LogP contribution in [-0.2, 0) is 4.65 Å². The van der Waals surface area contributed by atoms with Gasteiger partial charge in [-0.15, -0.1) is 0 Å². The van der Waals surface area contributed by atoms with E-state index >= 15 is 0 Å². The van der Waals surface area contributed by atoms with Crippen molar-refractivity contribution in [2.45, 2.75) is 13.8 Å². The van der Waals surface area contributed by atoms with Gasteiger partial charge in [-0.05, 0) is 17.6 Å². The maximum Gasteiger partial charge on any atom is 0.491 e. The highest BCUT2D eigenvalue weighted by Gasteiger charge is 2.22. The summed E-state index contributed by atoms with van der Waals surface area (Å²) in [5, 5.41) is 18.9. The van der Waals surface area contributed by atoms with Crippen LogP contribution in [0.3, 0.4) is 0 Å². The van der Waals surface area contributed by atoms with Crippen molar-refractivity contribution in [3.05, 3.63) is 24.3 Å². The highest BCUT2D eigenvalue weighted by Crippen LogP contribution is 2.14. The number of aliphatic hydroxyl groups excluding tert-OH is 1. The zero-order valence-electron chi connectivity index (χ0n) is 10.5. The van der Waals surface area contributed by atoms with E-state index in [4.69, 9.17) is 14.5 Å². The van der Waals surface area contributed by atoms with E-state index in [2.05, 4.69) is 0 Å². The second kappa shape index (κ2) is 6.05. The highest BCUT2D eigenvalue weighted by atomic mass is 16.5. The first-order valence-electron chi connectivity index (χ1n) is 5.53. The molecule has 17 heavy (non-hydrogen) atoms. The normalized spacial score (nSPS) is 11.4. The Morgan fingerprint density at radius 3 is 2.29 bits per heavy atom. The SMILES string of the molecule is COc1ccc(B(O)OCC(C)(C)CO)cc1. The Labute approximate surface area is 102 Å². The summed E-state index contributed by atoms with van der Waals surface area (Å²) in [7, 11) is 0.609. The van der Waals surface area contributed by atoms with Gasteiger partial charge < -0.3 is 19.5 Å². The molecule has 1 aromatic rings. The van der Waals surface area contributed by atoms with Crippen molar-refractivity contribution in [3.8, 4) is 5.75 Å². The van der Waals surface area contributed by atoms with Gasteiger partial charge in [0.1, 0.15) is 5.75 Å². The quantitative estimate of drug-likeness (QED) is 0.705. The van der Waals surface area contributed by atoms with Gasteiger partial charge in [-0.2, -0.15) is 0 Å². The third-order valence-corrected chi connectivity index (χ3v) is 2.46. The summed E-state index contributed by atoms with van der Waals surface area (Å²) in [5.41, 5.74) is 0.313. The number of hydrogen-bond donors (Lipinski definition) is 2. The fourth-order valence-electron chi connectivity index (χ4n) is 1.21. The van der Waals surface area contributed by atoms with E-state index in [0.29, 0.717) is 5.46 Å². The summed E-state index contributed by atoms with van der Waals surface area (Å²) in [6.07, 6.45) is 0. The Hall–Kier alpha value is -1.04. The van der Waals surface area contributed by atoms with Crippen LogP contribution < -0.4 is 10.2 Å². The Morgan fingerprint density at radius 1 is 1.24 bits per heavy atom.